The van der Waals surface area contributed by atoms with Crippen LogP contribution in [0.25, 0.3) is 11.5 Å². The van der Waals surface area contributed by atoms with Crippen LogP contribution in [0.1, 0.15) is 37.9 Å². The fraction of sp³-hybridized carbons (Fsp3) is 0.467. The second kappa shape index (κ2) is 6.00. The molecule has 0 amide bonds. The Morgan fingerprint density at radius 2 is 1.91 bits per heavy atom. The molecule has 1 aliphatic carbocycles. The molecule has 1 fully saturated rings. The van der Waals surface area contributed by atoms with Crippen molar-refractivity contribution < 1.29 is 18.0 Å². The molecule has 0 spiro atoms. The smallest absolute Gasteiger partial charge is 0.387 e. The molecular formula is C15H17F2N3O2. The molecule has 3 rings (SSSR count). The molecule has 22 heavy (non-hydrogen) atoms. The summed E-state index contributed by atoms with van der Waals surface area (Å²) in [5.74, 6) is 0.568. The maximum atomic E-state index is 12.5. The van der Waals surface area contributed by atoms with E-state index in [0.29, 0.717) is 11.4 Å². The third-order valence-electron chi connectivity index (χ3n) is 3.95. The topological polar surface area (TPSA) is 74.2 Å². The monoisotopic (exact) mass is 309 g/mol. The van der Waals surface area contributed by atoms with Crippen LogP contribution in [-0.2, 0) is 5.54 Å². The van der Waals surface area contributed by atoms with Gasteiger partial charge in [0, 0.05) is 0 Å². The Hall–Kier alpha value is -2.02. The summed E-state index contributed by atoms with van der Waals surface area (Å²) in [6.45, 7) is -2.91. The first-order valence-electron chi connectivity index (χ1n) is 7.26. The minimum Gasteiger partial charge on any atom is -0.434 e. The SMILES string of the molecule is NC1(c2noc(-c3ccccc3OC(F)F)n2)CCCCC1. The molecule has 1 aromatic carbocycles. The number of hydrogen-bond acceptors (Lipinski definition) is 5. The molecule has 2 aromatic rings. The van der Waals surface area contributed by atoms with Crippen molar-refractivity contribution in [2.45, 2.75) is 44.3 Å². The highest BCUT2D eigenvalue weighted by molar-refractivity contribution is 5.62. The summed E-state index contributed by atoms with van der Waals surface area (Å²) in [4.78, 5) is 4.32. The zero-order valence-electron chi connectivity index (χ0n) is 12.0. The molecule has 0 unspecified atom stereocenters. The van der Waals surface area contributed by atoms with Crippen LogP contribution in [0.4, 0.5) is 8.78 Å². The standard InChI is InChI=1S/C15H17F2N3O2/c16-14(17)21-11-7-3-2-6-10(11)12-19-13(20-22-12)15(18)8-4-1-5-9-15/h2-3,6-7,14H,1,4-5,8-9,18H2. The van der Waals surface area contributed by atoms with Crippen molar-refractivity contribution >= 4 is 0 Å². The summed E-state index contributed by atoms with van der Waals surface area (Å²) in [6, 6.07) is 6.32. The number of halogens is 2. The van der Waals surface area contributed by atoms with Gasteiger partial charge in [0.25, 0.3) is 5.89 Å². The van der Waals surface area contributed by atoms with Gasteiger partial charge in [0.2, 0.25) is 0 Å². The van der Waals surface area contributed by atoms with E-state index in [0.717, 1.165) is 32.1 Å². The highest BCUT2D eigenvalue weighted by atomic mass is 19.3. The Balaban J connectivity index is 1.91. The largest absolute Gasteiger partial charge is 0.434 e. The molecule has 1 aromatic heterocycles. The molecular weight excluding hydrogens is 292 g/mol. The predicted molar refractivity (Wildman–Crippen MR) is 75.3 cm³/mol. The van der Waals surface area contributed by atoms with Gasteiger partial charge in [-0.1, -0.05) is 36.6 Å². The van der Waals surface area contributed by atoms with E-state index >= 15 is 0 Å². The summed E-state index contributed by atoms with van der Waals surface area (Å²) in [7, 11) is 0. The lowest BCUT2D eigenvalue weighted by Crippen LogP contribution is -2.39. The zero-order valence-corrected chi connectivity index (χ0v) is 12.0. The van der Waals surface area contributed by atoms with Gasteiger partial charge in [0.05, 0.1) is 11.1 Å². The molecule has 0 atom stereocenters. The van der Waals surface area contributed by atoms with Gasteiger partial charge in [-0.25, -0.2) is 0 Å². The number of rotatable bonds is 4. The highest BCUT2D eigenvalue weighted by Gasteiger charge is 2.34. The number of hydrogen-bond donors (Lipinski definition) is 1. The Morgan fingerprint density at radius 3 is 2.64 bits per heavy atom. The van der Waals surface area contributed by atoms with E-state index < -0.39 is 12.2 Å². The van der Waals surface area contributed by atoms with Crippen LogP contribution in [0.15, 0.2) is 28.8 Å². The van der Waals surface area contributed by atoms with Gasteiger partial charge >= 0.3 is 6.61 Å². The normalized spacial score (nSPS) is 17.6. The zero-order chi connectivity index (χ0) is 15.6. The van der Waals surface area contributed by atoms with Crippen LogP contribution >= 0.6 is 0 Å². The van der Waals surface area contributed by atoms with Crippen LogP contribution in [-0.4, -0.2) is 16.8 Å². The van der Waals surface area contributed by atoms with Gasteiger partial charge in [0.1, 0.15) is 5.75 Å². The average molecular weight is 309 g/mol. The number of nitrogens with zero attached hydrogens (tertiary/aromatic N) is 2. The fourth-order valence-electron chi connectivity index (χ4n) is 2.78. The van der Waals surface area contributed by atoms with E-state index in [1.807, 2.05) is 0 Å². The van der Waals surface area contributed by atoms with Gasteiger partial charge in [-0.15, -0.1) is 0 Å². The molecule has 118 valence electrons. The van der Waals surface area contributed by atoms with Crippen molar-refractivity contribution in [1.29, 1.82) is 0 Å². The maximum Gasteiger partial charge on any atom is 0.387 e. The lowest BCUT2D eigenvalue weighted by atomic mass is 9.82. The first kappa shape index (κ1) is 14.9. The van der Waals surface area contributed by atoms with Crippen LogP contribution in [0.5, 0.6) is 5.75 Å². The van der Waals surface area contributed by atoms with Gasteiger partial charge in [-0.05, 0) is 25.0 Å². The van der Waals surface area contributed by atoms with Crippen molar-refractivity contribution in [1.82, 2.24) is 10.1 Å². The minimum absolute atomic E-state index is 0.00224. The molecule has 7 heteroatoms. The second-order valence-electron chi connectivity index (χ2n) is 5.51. The van der Waals surface area contributed by atoms with Crippen LogP contribution in [0, 0.1) is 0 Å². The number of alkyl halides is 2. The number of nitrogens with two attached hydrogens (primary N) is 1. The third kappa shape index (κ3) is 2.94. The van der Waals surface area contributed by atoms with Crippen LogP contribution < -0.4 is 10.5 Å². The lowest BCUT2D eigenvalue weighted by molar-refractivity contribution is -0.0495. The van der Waals surface area contributed by atoms with Gasteiger partial charge in [-0.2, -0.15) is 13.8 Å². The Morgan fingerprint density at radius 1 is 1.18 bits per heavy atom. The molecule has 0 saturated heterocycles. The van der Waals surface area contributed by atoms with Crippen LogP contribution in [0.2, 0.25) is 0 Å². The summed E-state index contributed by atoms with van der Waals surface area (Å²) in [5.41, 5.74) is 6.09. The number of para-hydroxylation sites is 1. The fourth-order valence-corrected chi connectivity index (χ4v) is 2.78. The third-order valence-corrected chi connectivity index (χ3v) is 3.95. The average Bonchev–Trinajstić information content (AvgIpc) is 2.98. The van der Waals surface area contributed by atoms with Crippen molar-refractivity contribution in [2.24, 2.45) is 5.73 Å². The number of ether oxygens (including phenoxy) is 1. The Bertz CT molecular complexity index is 639. The lowest BCUT2D eigenvalue weighted by Gasteiger charge is -2.29. The van der Waals surface area contributed by atoms with Crippen molar-refractivity contribution in [3.05, 3.63) is 30.1 Å². The first-order valence-corrected chi connectivity index (χ1v) is 7.26. The van der Waals surface area contributed by atoms with E-state index in [9.17, 15) is 8.78 Å². The molecule has 5 nitrogen and oxygen atoms in total. The predicted octanol–water partition coefficient (Wildman–Crippen LogP) is 3.46. The minimum atomic E-state index is -2.91. The summed E-state index contributed by atoms with van der Waals surface area (Å²) < 4.78 is 34.6. The maximum absolute atomic E-state index is 12.5. The van der Waals surface area contributed by atoms with Gasteiger partial charge in [-0.3, -0.25) is 0 Å². The van der Waals surface area contributed by atoms with E-state index in [4.69, 9.17) is 10.3 Å². The summed E-state index contributed by atoms with van der Waals surface area (Å²) in [5, 5.41) is 3.95. The summed E-state index contributed by atoms with van der Waals surface area (Å²) in [6.07, 6.45) is 4.77. The molecule has 1 saturated carbocycles. The van der Waals surface area contributed by atoms with E-state index in [1.165, 1.54) is 6.07 Å². The van der Waals surface area contributed by atoms with Gasteiger partial charge in [0.15, 0.2) is 5.82 Å². The Kier molecular flexibility index (Phi) is 4.06. The van der Waals surface area contributed by atoms with E-state index in [2.05, 4.69) is 14.9 Å². The molecule has 2 N–H and O–H groups in total. The first-order chi connectivity index (χ1) is 10.6. The van der Waals surface area contributed by atoms with E-state index in [-0.39, 0.29) is 11.6 Å². The Labute approximate surface area is 126 Å². The van der Waals surface area contributed by atoms with Crippen molar-refractivity contribution in [2.75, 3.05) is 0 Å². The molecule has 1 heterocycles. The van der Waals surface area contributed by atoms with Crippen molar-refractivity contribution in [3.8, 4) is 17.2 Å². The number of aromatic nitrogens is 2. The molecule has 0 bridgehead atoms. The second-order valence-corrected chi connectivity index (χ2v) is 5.51. The van der Waals surface area contributed by atoms with Gasteiger partial charge < -0.3 is 15.0 Å². The van der Waals surface area contributed by atoms with Crippen LogP contribution in [0.3, 0.4) is 0 Å². The molecule has 0 radical (unpaired) electrons. The number of benzene rings is 1. The highest BCUT2D eigenvalue weighted by Crippen LogP contribution is 2.35. The molecule has 1 aliphatic rings. The van der Waals surface area contributed by atoms with Crippen molar-refractivity contribution in [3.63, 3.8) is 0 Å². The molecule has 0 aliphatic heterocycles. The quantitative estimate of drug-likeness (QED) is 0.936. The van der Waals surface area contributed by atoms with E-state index in [1.54, 1.807) is 18.2 Å². The summed E-state index contributed by atoms with van der Waals surface area (Å²) >= 11 is 0.